The number of carbonyl (C=O) groups excluding carboxylic acids is 1. The van der Waals surface area contributed by atoms with Crippen LogP contribution in [0.5, 0.6) is 0 Å². The van der Waals surface area contributed by atoms with Crippen molar-refractivity contribution in [1.29, 1.82) is 0 Å². The summed E-state index contributed by atoms with van der Waals surface area (Å²) in [6.45, 7) is 0. The molecule has 0 saturated carbocycles. The summed E-state index contributed by atoms with van der Waals surface area (Å²) >= 11 is 0. The van der Waals surface area contributed by atoms with Gasteiger partial charge in [0.25, 0.3) is 22.7 Å². The van der Waals surface area contributed by atoms with Gasteiger partial charge in [-0.25, -0.2) is 0 Å². The van der Waals surface area contributed by atoms with Crippen molar-refractivity contribution in [1.82, 2.24) is 9.97 Å². The number of amides is 1. The fraction of sp³-hybridized carbons (Fsp3) is 0. The van der Waals surface area contributed by atoms with E-state index in [0.29, 0.717) is 16.8 Å². The number of para-hydroxylation sites is 1. The van der Waals surface area contributed by atoms with Gasteiger partial charge in [-0.05, 0) is 29.8 Å². The monoisotopic (exact) mass is 376 g/mol. The molecule has 0 radical (unpaired) electrons. The first-order valence-electron chi connectivity index (χ1n) is 8.18. The van der Waals surface area contributed by atoms with E-state index in [0.717, 1.165) is 0 Å². The maximum absolute atomic E-state index is 12.5. The third-order valence-corrected chi connectivity index (χ3v) is 4.29. The van der Waals surface area contributed by atoms with Crippen molar-refractivity contribution in [2.75, 3.05) is 5.32 Å². The van der Waals surface area contributed by atoms with Crippen molar-refractivity contribution in [3.8, 4) is 0 Å². The zero-order chi connectivity index (χ0) is 19.8. The summed E-state index contributed by atoms with van der Waals surface area (Å²) in [6.07, 6.45) is 1.39. The number of aromatic nitrogens is 2. The number of fused-ring (bicyclic) bond motifs is 1. The molecule has 1 amide bonds. The van der Waals surface area contributed by atoms with Gasteiger partial charge in [-0.3, -0.25) is 24.5 Å². The van der Waals surface area contributed by atoms with Gasteiger partial charge in [0, 0.05) is 23.4 Å². The maximum atomic E-state index is 12.5. The van der Waals surface area contributed by atoms with E-state index in [1.165, 1.54) is 30.3 Å². The van der Waals surface area contributed by atoms with E-state index in [9.17, 15) is 24.5 Å². The Bertz CT molecular complexity index is 1370. The Kier molecular flexibility index (Phi) is 3.96. The van der Waals surface area contributed by atoms with Crippen LogP contribution in [0.25, 0.3) is 11.6 Å². The lowest BCUT2D eigenvalue weighted by atomic mass is 10.1. The Morgan fingerprint density at radius 1 is 0.893 bits per heavy atom. The van der Waals surface area contributed by atoms with Gasteiger partial charge in [0.05, 0.1) is 10.5 Å². The summed E-state index contributed by atoms with van der Waals surface area (Å²) in [5.74, 6) is -0.477. The molecule has 3 aromatic rings. The van der Waals surface area contributed by atoms with Crippen LogP contribution in [0, 0.1) is 10.1 Å². The first-order valence-corrected chi connectivity index (χ1v) is 8.18. The SMILES string of the molecule is O=C1Nc2ccccc2/C1=c1\[nH]c(=O)/c(=C\c2ccc([N+](=O)[O-])cc2)[nH]c1=O. The van der Waals surface area contributed by atoms with Crippen molar-refractivity contribution in [2.45, 2.75) is 0 Å². The van der Waals surface area contributed by atoms with Crippen LogP contribution >= 0.6 is 0 Å². The molecule has 0 atom stereocenters. The highest BCUT2D eigenvalue weighted by molar-refractivity contribution is 6.31. The number of hydrogen-bond donors (Lipinski definition) is 3. The van der Waals surface area contributed by atoms with E-state index in [-0.39, 0.29) is 22.0 Å². The second-order valence-electron chi connectivity index (χ2n) is 6.06. The lowest BCUT2D eigenvalue weighted by Gasteiger charge is -1.97. The first-order chi connectivity index (χ1) is 13.4. The predicted octanol–water partition coefficient (Wildman–Crippen LogP) is -0.0487. The van der Waals surface area contributed by atoms with Crippen molar-refractivity contribution < 1.29 is 9.72 Å². The van der Waals surface area contributed by atoms with Gasteiger partial charge in [0.2, 0.25) is 0 Å². The van der Waals surface area contributed by atoms with E-state index < -0.39 is 21.9 Å². The molecule has 2 aromatic carbocycles. The highest BCUT2D eigenvalue weighted by Crippen LogP contribution is 2.28. The fourth-order valence-electron chi connectivity index (χ4n) is 2.98. The van der Waals surface area contributed by atoms with Gasteiger partial charge >= 0.3 is 0 Å². The zero-order valence-corrected chi connectivity index (χ0v) is 14.2. The van der Waals surface area contributed by atoms with Crippen LogP contribution in [-0.2, 0) is 4.79 Å². The normalized spacial score (nSPS) is 15.3. The van der Waals surface area contributed by atoms with Crippen LogP contribution in [0.2, 0.25) is 0 Å². The number of rotatable bonds is 2. The van der Waals surface area contributed by atoms with Crippen LogP contribution in [0.4, 0.5) is 11.4 Å². The Balaban J connectivity index is 1.89. The third-order valence-electron chi connectivity index (χ3n) is 4.29. The van der Waals surface area contributed by atoms with E-state index in [1.807, 2.05) is 0 Å². The molecule has 0 aliphatic carbocycles. The summed E-state index contributed by atoms with van der Waals surface area (Å²) in [4.78, 5) is 52.4. The molecule has 0 bridgehead atoms. The number of carbonyl (C=O) groups is 1. The van der Waals surface area contributed by atoms with Gasteiger partial charge in [-0.15, -0.1) is 0 Å². The first kappa shape index (κ1) is 17.2. The van der Waals surface area contributed by atoms with Crippen LogP contribution in [0.3, 0.4) is 0 Å². The Hall–Kier alpha value is -4.27. The third kappa shape index (κ3) is 2.90. The second-order valence-corrected chi connectivity index (χ2v) is 6.06. The van der Waals surface area contributed by atoms with Crippen molar-refractivity contribution in [3.05, 3.63) is 101 Å². The molecule has 2 heterocycles. The van der Waals surface area contributed by atoms with Gasteiger partial charge in [0.1, 0.15) is 10.7 Å². The van der Waals surface area contributed by atoms with Crippen LogP contribution < -0.4 is 27.1 Å². The molecule has 0 saturated heterocycles. The van der Waals surface area contributed by atoms with Gasteiger partial charge in [0.15, 0.2) is 0 Å². The Morgan fingerprint density at radius 3 is 2.32 bits per heavy atom. The van der Waals surface area contributed by atoms with E-state index in [2.05, 4.69) is 15.3 Å². The summed E-state index contributed by atoms with van der Waals surface area (Å²) < 4.78 is 0. The highest BCUT2D eigenvalue weighted by atomic mass is 16.6. The lowest BCUT2D eigenvalue weighted by molar-refractivity contribution is -0.384. The molecule has 0 fully saturated rings. The minimum Gasteiger partial charge on any atom is -0.321 e. The fourth-order valence-corrected chi connectivity index (χ4v) is 2.98. The largest absolute Gasteiger partial charge is 0.321 e. The van der Waals surface area contributed by atoms with E-state index >= 15 is 0 Å². The summed E-state index contributed by atoms with van der Waals surface area (Å²) in [5.41, 5.74) is 0.362. The molecule has 9 heteroatoms. The molecule has 0 unspecified atom stereocenters. The molecular formula is C19H12N4O5. The molecule has 1 aliphatic heterocycles. The molecule has 1 aliphatic rings. The van der Waals surface area contributed by atoms with Crippen LogP contribution in [0.1, 0.15) is 11.1 Å². The molecule has 28 heavy (non-hydrogen) atoms. The van der Waals surface area contributed by atoms with Gasteiger partial charge < -0.3 is 15.3 Å². The molecule has 1 aromatic heterocycles. The number of H-pyrrole nitrogens is 2. The Labute approximate surface area is 155 Å². The molecule has 3 N–H and O–H groups in total. The number of anilines is 1. The number of aromatic amines is 2. The zero-order valence-electron chi connectivity index (χ0n) is 14.2. The minimum absolute atomic E-state index is 0.0325. The number of nitrogens with zero attached hydrogens (tertiary/aromatic N) is 1. The Morgan fingerprint density at radius 2 is 1.61 bits per heavy atom. The summed E-state index contributed by atoms with van der Waals surface area (Å²) in [6, 6.07) is 12.3. The van der Waals surface area contributed by atoms with Crippen LogP contribution in [-0.4, -0.2) is 20.8 Å². The quantitative estimate of drug-likeness (QED) is 0.425. The number of benzene rings is 2. The molecular weight excluding hydrogens is 364 g/mol. The van der Waals surface area contributed by atoms with Crippen molar-refractivity contribution in [3.63, 3.8) is 0 Å². The summed E-state index contributed by atoms with van der Waals surface area (Å²) in [7, 11) is 0. The summed E-state index contributed by atoms with van der Waals surface area (Å²) in [5, 5.41) is 13.2. The molecule has 138 valence electrons. The minimum atomic E-state index is -0.630. The number of hydrogen-bond acceptors (Lipinski definition) is 5. The van der Waals surface area contributed by atoms with Gasteiger partial charge in [-0.2, -0.15) is 0 Å². The average Bonchev–Trinajstić information content (AvgIpc) is 3.00. The predicted molar refractivity (Wildman–Crippen MR) is 101 cm³/mol. The van der Waals surface area contributed by atoms with E-state index in [4.69, 9.17) is 0 Å². The van der Waals surface area contributed by atoms with Crippen LogP contribution in [0.15, 0.2) is 58.1 Å². The van der Waals surface area contributed by atoms with Gasteiger partial charge in [-0.1, -0.05) is 18.2 Å². The molecule has 9 nitrogen and oxygen atoms in total. The average molecular weight is 376 g/mol. The number of nitrogens with one attached hydrogen (secondary N) is 3. The molecule has 4 rings (SSSR count). The number of nitro groups is 1. The van der Waals surface area contributed by atoms with Crippen molar-refractivity contribution in [2.24, 2.45) is 0 Å². The maximum Gasteiger partial charge on any atom is 0.273 e. The second kappa shape index (κ2) is 6.47. The van der Waals surface area contributed by atoms with Crippen molar-refractivity contribution >= 4 is 28.9 Å². The molecule has 0 spiro atoms. The topological polar surface area (TPSA) is 138 Å². The lowest BCUT2D eigenvalue weighted by Crippen LogP contribution is -2.48. The number of non-ortho nitro benzene ring substituents is 1. The highest BCUT2D eigenvalue weighted by Gasteiger charge is 2.25. The smallest absolute Gasteiger partial charge is 0.273 e. The van der Waals surface area contributed by atoms with E-state index in [1.54, 1.807) is 24.3 Å². The standard InChI is InChI=1S/C19H12N4O5/c24-17-14(9-10-5-7-11(8-6-10)23(27)28)21-19(26)16(22-17)15-12-3-1-2-4-13(12)20-18(15)25/h1-9H,(H,20,25)(H,21,26)(H,22,24)/b14-9+,16-15+. The number of nitro benzene ring substituents is 1.